The topological polar surface area (TPSA) is 59.3 Å². The first-order valence-corrected chi connectivity index (χ1v) is 5.39. The minimum atomic E-state index is -0.951. The Morgan fingerprint density at radius 3 is 2.71 bits per heavy atom. The number of carboxylic acid groups (broad SMARTS) is 1. The lowest BCUT2D eigenvalue weighted by Crippen LogP contribution is -2.03. The minimum Gasteiger partial charge on any atom is -0.481 e. The molecule has 1 aromatic heterocycles. The number of halogens is 1. The number of benzene rings is 1. The van der Waals surface area contributed by atoms with Gasteiger partial charge in [0.15, 0.2) is 0 Å². The van der Waals surface area contributed by atoms with Gasteiger partial charge >= 0.3 is 5.97 Å². The number of aliphatic carboxylic acids is 1. The van der Waals surface area contributed by atoms with Crippen LogP contribution in [-0.4, -0.2) is 21.6 Å². The number of carbonyl (C=O) groups excluding carboxylic acids is 1. The normalized spacial score (nSPS) is 10.7. The van der Waals surface area contributed by atoms with Crippen LogP contribution < -0.4 is 0 Å². The average molecular weight is 252 g/mol. The molecule has 0 aliphatic rings. The lowest BCUT2D eigenvalue weighted by Gasteiger charge is -1.99. The maximum atomic E-state index is 11.4. The summed E-state index contributed by atoms with van der Waals surface area (Å²) < 4.78 is 1.42. The Kier molecular flexibility index (Phi) is 2.90. The van der Waals surface area contributed by atoms with Gasteiger partial charge in [0.25, 0.3) is 0 Å². The van der Waals surface area contributed by atoms with E-state index in [0.717, 1.165) is 0 Å². The van der Waals surface area contributed by atoms with E-state index in [0.29, 0.717) is 21.5 Å². The molecule has 0 radical (unpaired) electrons. The van der Waals surface area contributed by atoms with E-state index in [-0.39, 0.29) is 12.3 Å². The Balaban J connectivity index is 2.75. The molecule has 0 bridgehead atoms. The Labute approximate surface area is 102 Å². The fourth-order valence-corrected chi connectivity index (χ4v) is 2.17. The van der Waals surface area contributed by atoms with Crippen LogP contribution in [0.4, 0.5) is 0 Å². The van der Waals surface area contributed by atoms with E-state index >= 15 is 0 Å². The maximum Gasteiger partial charge on any atom is 0.307 e. The molecule has 0 unspecified atom stereocenters. The molecule has 17 heavy (non-hydrogen) atoms. The Morgan fingerprint density at radius 1 is 1.41 bits per heavy atom. The average Bonchev–Trinajstić information content (AvgIpc) is 2.57. The van der Waals surface area contributed by atoms with Crippen molar-refractivity contribution in [2.75, 3.05) is 0 Å². The lowest BCUT2D eigenvalue weighted by atomic mass is 10.1. The van der Waals surface area contributed by atoms with E-state index in [1.165, 1.54) is 17.7 Å². The number of fused-ring (bicyclic) bond motifs is 1. The molecule has 2 aromatic rings. The molecule has 0 aliphatic carbocycles. The largest absolute Gasteiger partial charge is 0.481 e. The van der Waals surface area contributed by atoms with Gasteiger partial charge in [-0.2, -0.15) is 0 Å². The van der Waals surface area contributed by atoms with E-state index in [1.807, 2.05) is 0 Å². The van der Waals surface area contributed by atoms with Crippen LogP contribution in [0.5, 0.6) is 0 Å². The monoisotopic (exact) mass is 251 g/mol. The van der Waals surface area contributed by atoms with Gasteiger partial charge in [0, 0.05) is 18.5 Å². The third-order valence-corrected chi connectivity index (χ3v) is 2.85. The number of rotatable bonds is 2. The van der Waals surface area contributed by atoms with Crippen LogP contribution in [0.25, 0.3) is 10.9 Å². The first kappa shape index (κ1) is 11.7. The van der Waals surface area contributed by atoms with Gasteiger partial charge < -0.3 is 5.11 Å². The van der Waals surface area contributed by atoms with E-state index < -0.39 is 5.97 Å². The molecule has 0 spiro atoms. The Morgan fingerprint density at radius 2 is 2.12 bits per heavy atom. The van der Waals surface area contributed by atoms with Crippen LogP contribution in [-0.2, 0) is 11.2 Å². The molecular formula is C12H10ClNO3. The van der Waals surface area contributed by atoms with Crippen molar-refractivity contribution < 1.29 is 14.7 Å². The number of nitrogens with zero attached hydrogens (tertiary/aromatic N) is 1. The molecule has 88 valence electrons. The molecule has 1 N–H and O–H groups in total. The van der Waals surface area contributed by atoms with E-state index in [4.69, 9.17) is 16.7 Å². The summed E-state index contributed by atoms with van der Waals surface area (Å²) in [5.41, 5.74) is 1.19. The molecule has 0 fully saturated rings. The maximum absolute atomic E-state index is 11.4. The van der Waals surface area contributed by atoms with Gasteiger partial charge in [-0.3, -0.25) is 14.2 Å². The van der Waals surface area contributed by atoms with Gasteiger partial charge in [-0.15, -0.1) is 0 Å². The first-order chi connectivity index (χ1) is 8.00. The van der Waals surface area contributed by atoms with Crippen molar-refractivity contribution in [3.05, 3.63) is 35.0 Å². The zero-order valence-corrected chi connectivity index (χ0v) is 9.86. The lowest BCUT2D eigenvalue weighted by molar-refractivity contribution is -0.136. The number of carboxylic acids is 1. The molecule has 4 nitrogen and oxygen atoms in total. The SMILES string of the molecule is CC(=O)n1cc(CC(=O)O)c2c(Cl)cccc21. The van der Waals surface area contributed by atoms with Crippen molar-refractivity contribution >= 4 is 34.4 Å². The molecule has 0 saturated carbocycles. The van der Waals surface area contributed by atoms with Crippen LogP contribution >= 0.6 is 11.6 Å². The number of hydrogen-bond donors (Lipinski definition) is 1. The summed E-state index contributed by atoms with van der Waals surface area (Å²) in [7, 11) is 0. The zero-order valence-electron chi connectivity index (χ0n) is 9.11. The summed E-state index contributed by atoms with van der Waals surface area (Å²) >= 11 is 6.05. The van der Waals surface area contributed by atoms with Gasteiger partial charge in [-0.25, -0.2) is 0 Å². The predicted molar refractivity (Wildman–Crippen MR) is 64.6 cm³/mol. The van der Waals surface area contributed by atoms with Crippen molar-refractivity contribution in [1.29, 1.82) is 0 Å². The third kappa shape index (κ3) is 2.03. The molecule has 1 heterocycles. The van der Waals surface area contributed by atoms with Crippen molar-refractivity contribution in [3.8, 4) is 0 Å². The van der Waals surface area contributed by atoms with Gasteiger partial charge in [-0.05, 0) is 17.7 Å². The van der Waals surface area contributed by atoms with Crippen molar-refractivity contribution in [1.82, 2.24) is 4.57 Å². The Bertz CT molecular complexity index is 615. The molecule has 2 rings (SSSR count). The fraction of sp³-hybridized carbons (Fsp3) is 0.167. The Hall–Kier alpha value is -1.81. The minimum absolute atomic E-state index is 0.152. The molecule has 0 aliphatic heterocycles. The summed E-state index contributed by atoms with van der Waals surface area (Å²) in [6.45, 7) is 1.42. The summed E-state index contributed by atoms with van der Waals surface area (Å²) in [4.78, 5) is 22.2. The van der Waals surface area contributed by atoms with Crippen molar-refractivity contribution in [3.63, 3.8) is 0 Å². The molecule has 0 atom stereocenters. The second kappa shape index (κ2) is 4.22. The zero-order chi connectivity index (χ0) is 12.6. The molecule has 0 saturated heterocycles. The summed E-state index contributed by atoms with van der Waals surface area (Å²) in [5, 5.41) is 9.92. The second-order valence-electron chi connectivity index (χ2n) is 3.75. The molecular weight excluding hydrogens is 242 g/mol. The van der Waals surface area contributed by atoms with Gasteiger partial charge in [-0.1, -0.05) is 17.7 Å². The van der Waals surface area contributed by atoms with Crippen LogP contribution in [0.3, 0.4) is 0 Å². The first-order valence-electron chi connectivity index (χ1n) is 5.02. The van der Waals surface area contributed by atoms with E-state index in [9.17, 15) is 9.59 Å². The number of hydrogen-bond acceptors (Lipinski definition) is 2. The van der Waals surface area contributed by atoms with Crippen LogP contribution in [0, 0.1) is 0 Å². The van der Waals surface area contributed by atoms with Crippen molar-refractivity contribution in [2.24, 2.45) is 0 Å². The smallest absolute Gasteiger partial charge is 0.307 e. The number of aromatic nitrogens is 1. The van der Waals surface area contributed by atoms with Crippen LogP contribution in [0.1, 0.15) is 17.3 Å². The number of carbonyl (C=O) groups is 2. The highest BCUT2D eigenvalue weighted by molar-refractivity contribution is 6.36. The summed E-state index contributed by atoms with van der Waals surface area (Å²) in [6, 6.07) is 5.16. The van der Waals surface area contributed by atoms with Gasteiger partial charge in [0.1, 0.15) is 0 Å². The van der Waals surface area contributed by atoms with Gasteiger partial charge in [0.2, 0.25) is 5.91 Å². The highest BCUT2D eigenvalue weighted by Gasteiger charge is 2.15. The van der Waals surface area contributed by atoms with Crippen LogP contribution in [0.15, 0.2) is 24.4 Å². The molecule has 1 aromatic carbocycles. The second-order valence-corrected chi connectivity index (χ2v) is 4.16. The van der Waals surface area contributed by atoms with E-state index in [1.54, 1.807) is 18.2 Å². The van der Waals surface area contributed by atoms with Crippen LogP contribution in [0.2, 0.25) is 5.02 Å². The third-order valence-electron chi connectivity index (χ3n) is 2.54. The predicted octanol–water partition coefficient (Wildman–Crippen LogP) is 2.58. The standard InChI is InChI=1S/C12H10ClNO3/c1-7(15)14-6-8(5-11(16)17)12-9(13)3-2-4-10(12)14/h2-4,6H,5H2,1H3,(H,16,17). The quantitative estimate of drug-likeness (QED) is 0.892. The van der Waals surface area contributed by atoms with Crippen molar-refractivity contribution in [2.45, 2.75) is 13.3 Å². The van der Waals surface area contributed by atoms with Gasteiger partial charge in [0.05, 0.1) is 17.0 Å². The molecule has 0 amide bonds. The van der Waals surface area contributed by atoms with E-state index in [2.05, 4.69) is 0 Å². The fourth-order valence-electron chi connectivity index (χ4n) is 1.88. The highest BCUT2D eigenvalue weighted by Crippen LogP contribution is 2.29. The summed E-state index contributed by atoms with van der Waals surface area (Å²) in [5.74, 6) is -1.12. The highest BCUT2D eigenvalue weighted by atomic mass is 35.5. The summed E-state index contributed by atoms with van der Waals surface area (Å²) in [6.07, 6.45) is 1.38. The molecule has 5 heteroatoms.